The van der Waals surface area contributed by atoms with Crippen LogP contribution >= 0.6 is 0 Å². The summed E-state index contributed by atoms with van der Waals surface area (Å²) in [6.07, 6.45) is 3.75. The number of hydrogen-bond acceptors (Lipinski definition) is 3. The number of nitrogens with one attached hydrogen (secondary N) is 1. The Morgan fingerprint density at radius 2 is 1.76 bits per heavy atom. The lowest BCUT2D eigenvalue weighted by molar-refractivity contribution is -0.131. The van der Waals surface area contributed by atoms with Crippen LogP contribution in [0.5, 0.6) is 0 Å². The fourth-order valence-corrected chi connectivity index (χ4v) is 3.01. The molecule has 0 aliphatic carbocycles. The van der Waals surface area contributed by atoms with Gasteiger partial charge in [0.1, 0.15) is 0 Å². The standard InChI is InChI=1S/C15H22N2O3S/c1-2-21(19,20)16-14-8-6-13(7-9-14)12-15(18)17-10-4-3-5-11-17/h6-9,16H,2-5,10-12H2,1H3. The van der Waals surface area contributed by atoms with E-state index >= 15 is 0 Å². The van der Waals surface area contributed by atoms with E-state index in [1.807, 2.05) is 4.90 Å². The number of carbonyl (C=O) groups is 1. The predicted octanol–water partition coefficient (Wildman–Crippen LogP) is 2.00. The van der Waals surface area contributed by atoms with E-state index in [9.17, 15) is 13.2 Å². The molecule has 1 amide bonds. The molecule has 0 bridgehead atoms. The van der Waals surface area contributed by atoms with Crippen molar-refractivity contribution in [1.29, 1.82) is 0 Å². The number of rotatable bonds is 5. The fraction of sp³-hybridized carbons (Fsp3) is 0.533. The minimum atomic E-state index is -3.25. The Kier molecular flexibility index (Phi) is 5.22. The molecule has 2 rings (SSSR count). The van der Waals surface area contributed by atoms with Crippen molar-refractivity contribution in [2.45, 2.75) is 32.6 Å². The normalized spacial score (nSPS) is 15.8. The number of carbonyl (C=O) groups excluding carboxylic acids is 1. The predicted molar refractivity (Wildman–Crippen MR) is 83.7 cm³/mol. The molecule has 0 radical (unpaired) electrons. The summed E-state index contributed by atoms with van der Waals surface area (Å²) in [5.74, 6) is 0.193. The van der Waals surface area contributed by atoms with E-state index in [0.717, 1.165) is 31.5 Å². The molecule has 1 aliphatic heterocycles. The number of likely N-dealkylation sites (tertiary alicyclic amines) is 1. The number of nitrogens with zero attached hydrogens (tertiary/aromatic N) is 1. The second-order valence-electron chi connectivity index (χ2n) is 5.32. The Labute approximate surface area is 126 Å². The molecule has 116 valence electrons. The monoisotopic (exact) mass is 310 g/mol. The molecular formula is C15H22N2O3S. The van der Waals surface area contributed by atoms with Crippen molar-refractivity contribution in [3.8, 4) is 0 Å². The van der Waals surface area contributed by atoms with Crippen LogP contribution < -0.4 is 4.72 Å². The number of hydrogen-bond donors (Lipinski definition) is 1. The molecule has 1 heterocycles. The zero-order chi connectivity index (χ0) is 15.3. The summed E-state index contributed by atoms with van der Waals surface area (Å²) < 4.78 is 25.4. The van der Waals surface area contributed by atoms with Crippen molar-refractivity contribution in [1.82, 2.24) is 4.90 Å². The number of sulfonamides is 1. The van der Waals surface area contributed by atoms with Crippen molar-refractivity contribution >= 4 is 21.6 Å². The molecule has 0 saturated carbocycles. The first kappa shape index (κ1) is 15.8. The smallest absolute Gasteiger partial charge is 0.232 e. The molecular weight excluding hydrogens is 288 g/mol. The summed E-state index contributed by atoms with van der Waals surface area (Å²) >= 11 is 0. The van der Waals surface area contributed by atoms with Crippen LogP contribution in [0.4, 0.5) is 5.69 Å². The van der Waals surface area contributed by atoms with Crippen LogP contribution in [0.2, 0.25) is 0 Å². The zero-order valence-corrected chi connectivity index (χ0v) is 13.2. The molecule has 1 fully saturated rings. The van der Waals surface area contributed by atoms with Gasteiger partial charge in [-0.2, -0.15) is 0 Å². The maximum atomic E-state index is 12.1. The molecule has 1 saturated heterocycles. The lowest BCUT2D eigenvalue weighted by Crippen LogP contribution is -2.36. The minimum Gasteiger partial charge on any atom is -0.342 e. The van der Waals surface area contributed by atoms with Gasteiger partial charge in [0.2, 0.25) is 15.9 Å². The third kappa shape index (κ3) is 4.74. The Balaban J connectivity index is 1.94. The molecule has 0 aromatic heterocycles. The molecule has 1 aromatic carbocycles. The van der Waals surface area contributed by atoms with Gasteiger partial charge in [0.25, 0.3) is 0 Å². The van der Waals surface area contributed by atoms with Crippen LogP contribution in [0.15, 0.2) is 24.3 Å². The SMILES string of the molecule is CCS(=O)(=O)Nc1ccc(CC(=O)N2CCCCC2)cc1. The van der Waals surface area contributed by atoms with E-state index in [-0.39, 0.29) is 11.7 Å². The van der Waals surface area contributed by atoms with Crippen molar-refractivity contribution in [2.24, 2.45) is 0 Å². The van der Waals surface area contributed by atoms with E-state index in [2.05, 4.69) is 4.72 Å². The highest BCUT2D eigenvalue weighted by Gasteiger charge is 2.16. The molecule has 1 aliphatic rings. The van der Waals surface area contributed by atoms with Gasteiger partial charge < -0.3 is 4.90 Å². The van der Waals surface area contributed by atoms with E-state index < -0.39 is 10.0 Å². The maximum Gasteiger partial charge on any atom is 0.232 e. The van der Waals surface area contributed by atoms with Crippen LogP contribution in [0.25, 0.3) is 0 Å². The van der Waals surface area contributed by atoms with Crippen LogP contribution in [0.3, 0.4) is 0 Å². The van der Waals surface area contributed by atoms with Gasteiger partial charge in [-0.25, -0.2) is 8.42 Å². The molecule has 1 N–H and O–H groups in total. The van der Waals surface area contributed by atoms with Gasteiger partial charge in [-0.15, -0.1) is 0 Å². The van der Waals surface area contributed by atoms with Crippen LogP contribution in [-0.2, 0) is 21.2 Å². The highest BCUT2D eigenvalue weighted by molar-refractivity contribution is 7.92. The van der Waals surface area contributed by atoms with E-state index in [0.29, 0.717) is 12.1 Å². The van der Waals surface area contributed by atoms with Gasteiger partial charge in [0.15, 0.2) is 0 Å². The van der Waals surface area contributed by atoms with Gasteiger partial charge in [-0.05, 0) is 43.9 Å². The minimum absolute atomic E-state index is 0.0438. The van der Waals surface area contributed by atoms with Gasteiger partial charge in [0.05, 0.1) is 12.2 Å². The lowest BCUT2D eigenvalue weighted by atomic mass is 10.1. The Morgan fingerprint density at radius 1 is 1.14 bits per heavy atom. The summed E-state index contributed by atoms with van der Waals surface area (Å²) in [5.41, 5.74) is 1.44. The van der Waals surface area contributed by atoms with Crippen LogP contribution in [-0.4, -0.2) is 38.1 Å². The Bertz CT molecular complexity index is 575. The van der Waals surface area contributed by atoms with Gasteiger partial charge in [-0.3, -0.25) is 9.52 Å². The van der Waals surface area contributed by atoms with Gasteiger partial charge in [-0.1, -0.05) is 12.1 Å². The van der Waals surface area contributed by atoms with Gasteiger partial charge in [0, 0.05) is 18.8 Å². The Hall–Kier alpha value is -1.56. The topological polar surface area (TPSA) is 66.5 Å². The number of amides is 1. The van der Waals surface area contributed by atoms with E-state index in [1.165, 1.54) is 6.42 Å². The number of piperidine rings is 1. The van der Waals surface area contributed by atoms with Crippen molar-refractivity contribution in [3.63, 3.8) is 0 Å². The largest absolute Gasteiger partial charge is 0.342 e. The van der Waals surface area contributed by atoms with Crippen LogP contribution in [0, 0.1) is 0 Å². The third-order valence-corrected chi connectivity index (χ3v) is 4.98. The average Bonchev–Trinajstić information content (AvgIpc) is 2.50. The molecule has 1 aromatic rings. The summed E-state index contributed by atoms with van der Waals surface area (Å²) in [5, 5.41) is 0. The maximum absolute atomic E-state index is 12.1. The first-order valence-corrected chi connectivity index (χ1v) is 9.02. The molecule has 6 heteroatoms. The van der Waals surface area contributed by atoms with Crippen LogP contribution in [0.1, 0.15) is 31.7 Å². The van der Waals surface area contributed by atoms with Crippen molar-refractivity contribution in [3.05, 3.63) is 29.8 Å². The second-order valence-corrected chi connectivity index (χ2v) is 7.33. The first-order chi connectivity index (χ1) is 10.00. The molecule has 0 spiro atoms. The summed E-state index contributed by atoms with van der Waals surface area (Å²) in [7, 11) is -3.25. The molecule has 0 atom stereocenters. The first-order valence-electron chi connectivity index (χ1n) is 7.37. The highest BCUT2D eigenvalue weighted by Crippen LogP contribution is 2.14. The fourth-order valence-electron chi connectivity index (χ4n) is 2.37. The summed E-state index contributed by atoms with van der Waals surface area (Å²) in [6, 6.07) is 7.00. The van der Waals surface area contributed by atoms with E-state index in [1.54, 1.807) is 31.2 Å². The van der Waals surface area contributed by atoms with Gasteiger partial charge >= 0.3 is 0 Å². The number of anilines is 1. The van der Waals surface area contributed by atoms with Crippen molar-refractivity contribution in [2.75, 3.05) is 23.6 Å². The average molecular weight is 310 g/mol. The number of benzene rings is 1. The van der Waals surface area contributed by atoms with Crippen molar-refractivity contribution < 1.29 is 13.2 Å². The van der Waals surface area contributed by atoms with E-state index in [4.69, 9.17) is 0 Å². The molecule has 0 unspecified atom stereocenters. The quantitative estimate of drug-likeness (QED) is 0.904. The Morgan fingerprint density at radius 3 is 2.33 bits per heavy atom. The highest BCUT2D eigenvalue weighted by atomic mass is 32.2. The second kappa shape index (κ2) is 6.93. The molecule has 21 heavy (non-hydrogen) atoms. The summed E-state index contributed by atoms with van der Waals surface area (Å²) in [4.78, 5) is 14.1. The third-order valence-electron chi connectivity index (χ3n) is 3.67. The summed E-state index contributed by atoms with van der Waals surface area (Å²) in [6.45, 7) is 3.30. The molecule has 5 nitrogen and oxygen atoms in total. The zero-order valence-electron chi connectivity index (χ0n) is 12.3. The lowest BCUT2D eigenvalue weighted by Gasteiger charge is -2.26.